The minimum Gasteiger partial charge on any atom is -0.337 e. The first-order chi connectivity index (χ1) is 8.49. The summed E-state index contributed by atoms with van der Waals surface area (Å²) in [5, 5.41) is 0. The highest BCUT2D eigenvalue weighted by Crippen LogP contribution is 2.20. The minimum absolute atomic E-state index is 0.00931. The van der Waals surface area contributed by atoms with E-state index in [1.165, 1.54) is 0 Å². The van der Waals surface area contributed by atoms with E-state index in [9.17, 15) is 9.59 Å². The Morgan fingerprint density at radius 1 is 1.44 bits per heavy atom. The summed E-state index contributed by atoms with van der Waals surface area (Å²) < 4.78 is 0.939. The summed E-state index contributed by atoms with van der Waals surface area (Å²) in [6, 6.07) is 5.61. The van der Waals surface area contributed by atoms with Gasteiger partial charge >= 0.3 is 0 Å². The highest BCUT2D eigenvalue weighted by atomic mass is 79.9. The maximum atomic E-state index is 12.3. The van der Waals surface area contributed by atoms with Crippen LogP contribution in [0.2, 0.25) is 0 Å². The zero-order valence-electron chi connectivity index (χ0n) is 10.6. The van der Waals surface area contributed by atoms with Crippen LogP contribution in [-0.4, -0.2) is 29.7 Å². The van der Waals surface area contributed by atoms with Crippen molar-refractivity contribution in [2.75, 3.05) is 13.1 Å². The number of halogens is 1. The van der Waals surface area contributed by atoms with Gasteiger partial charge in [0.2, 0.25) is 0 Å². The van der Waals surface area contributed by atoms with Gasteiger partial charge in [-0.15, -0.1) is 0 Å². The molecule has 1 atom stereocenters. The van der Waals surface area contributed by atoms with Crippen LogP contribution in [0.1, 0.15) is 29.3 Å². The summed E-state index contributed by atoms with van der Waals surface area (Å²) in [6.07, 6.45) is 0.472. The summed E-state index contributed by atoms with van der Waals surface area (Å²) in [5.74, 6) is 0.218. The molecular weight excluding hydrogens is 294 g/mol. The number of likely N-dealkylation sites (tertiary alicyclic amines) is 1. The molecule has 0 aromatic heterocycles. The third-order valence-electron chi connectivity index (χ3n) is 3.38. The second kappa shape index (κ2) is 5.22. The number of piperidine rings is 1. The van der Waals surface area contributed by atoms with Crippen LogP contribution in [0.25, 0.3) is 0 Å². The molecule has 18 heavy (non-hydrogen) atoms. The third kappa shape index (κ3) is 2.64. The van der Waals surface area contributed by atoms with Gasteiger partial charge in [0.25, 0.3) is 5.91 Å². The maximum Gasteiger partial charge on any atom is 0.253 e. The second-order valence-electron chi connectivity index (χ2n) is 4.83. The highest BCUT2D eigenvalue weighted by Gasteiger charge is 2.27. The van der Waals surface area contributed by atoms with E-state index < -0.39 is 0 Å². The number of aryl methyl sites for hydroxylation is 1. The molecule has 96 valence electrons. The standard InChI is InChI=1S/C14H16BrNO2/c1-9-3-4-11(7-12(9)15)14(18)16-6-5-13(17)10(2)8-16/h3-4,7,10H,5-6,8H2,1-2H3. The van der Waals surface area contributed by atoms with Crippen LogP contribution in [0.5, 0.6) is 0 Å². The summed E-state index contributed by atoms with van der Waals surface area (Å²) in [6.45, 7) is 4.93. The van der Waals surface area contributed by atoms with E-state index in [-0.39, 0.29) is 17.6 Å². The number of carbonyl (C=O) groups excluding carboxylic acids is 2. The van der Waals surface area contributed by atoms with Crippen LogP contribution >= 0.6 is 15.9 Å². The summed E-state index contributed by atoms with van der Waals surface area (Å²) >= 11 is 3.43. The van der Waals surface area contributed by atoms with Gasteiger partial charge in [0.15, 0.2) is 0 Å². The molecule has 3 nitrogen and oxygen atoms in total. The van der Waals surface area contributed by atoms with Gasteiger partial charge in [-0.1, -0.05) is 28.9 Å². The van der Waals surface area contributed by atoms with Crippen molar-refractivity contribution in [1.29, 1.82) is 0 Å². The molecule has 0 aliphatic carbocycles. The van der Waals surface area contributed by atoms with E-state index in [1.807, 2.05) is 32.0 Å². The van der Waals surface area contributed by atoms with Crippen molar-refractivity contribution in [3.63, 3.8) is 0 Å². The van der Waals surface area contributed by atoms with Crippen LogP contribution in [0.15, 0.2) is 22.7 Å². The molecule has 1 amide bonds. The molecule has 2 rings (SSSR count). The number of Topliss-reactive ketones (excluding diaryl/α,β-unsaturated/α-hetero) is 1. The fourth-order valence-corrected chi connectivity index (χ4v) is 2.49. The molecule has 1 fully saturated rings. The molecule has 4 heteroatoms. The van der Waals surface area contributed by atoms with E-state index >= 15 is 0 Å². The monoisotopic (exact) mass is 309 g/mol. The largest absolute Gasteiger partial charge is 0.337 e. The molecule has 1 aliphatic rings. The maximum absolute atomic E-state index is 12.3. The van der Waals surface area contributed by atoms with Crippen molar-refractivity contribution in [2.24, 2.45) is 5.92 Å². The molecule has 0 radical (unpaired) electrons. The first-order valence-electron chi connectivity index (χ1n) is 6.07. The summed E-state index contributed by atoms with van der Waals surface area (Å²) in [5.41, 5.74) is 1.78. The quantitative estimate of drug-likeness (QED) is 0.800. The van der Waals surface area contributed by atoms with Crippen molar-refractivity contribution in [2.45, 2.75) is 20.3 Å². The van der Waals surface area contributed by atoms with Crippen LogP contribution < -0.4 is 0 Å². The SMILES string of the molecule is Cc1ccc(C(=O)N2CCC(=O)C(C)C2)cc1Br. The first-order valence-corrected chi connectivity index (χ1v) is 6.86. The summed E-state index contributed by atoms with van der Waals surface area (Å²) in [4.78, 5) is 25.5. The lowest BCUT2D eigenvalue weighted by Crippen LogP contribution is -2.43. The Morgan fingerprint density at radius 2 is 2.17 bits per heavy atom. The van der Waals surface area contributed by atoms with E-state index in [2.05, 4.69) is 15.9 Å². The molecule has 1 saturated heterocycles. The highest BCUT2D eigenvalue weighted by molar-refractivity contribution is 9.10. The Morgan fingerprint density at radius 3 is 2.78 bits per heavy atom. The van der Waals surface area contributed by atoms with Crippen LogP contribution in [0.3, 0.4) is 0 Å². The Balaban J connectivity index is 2.16. The van der Waals surface area contributed by atoms with Crippen molar-refractivity contribution >= 4 is 27.6 Å². The van der Waals surface area contributed by atoms with Gasteiger partial charge in [-0.25, -0.2) is 0 Å². The number of nitrogens with zero attached hydrogens (tertiary/aromatic N) is 1. The number of hydrogen-bond donors (Lipinski definition) is 0. The van der Waals surface area contributed by atoms with Gasteiger partial charge in [0, 0.05) is 35.5 Å². The lowest BCUT2D eigenvalue weighted by atomic mass is 9.98. The average molecular weight is 310 g/mol. The zero-order valence-corrected chi connectivity index (χ0v) is 12.2. The number of rotatable bonds is 1. The normalized spacial score (nSPS) is 20.1. The molecule has 0 saturated carbocycles. The van der Waals surface area contributed by atoms with Crippen LogP contribution in [0.4, 0.5) is 0 Å². The Hall–Kier alpha value is -1.16. The minimum atomic E-state index is -0.0448. The molecule has 1 unspecified atom stereocenters. The number of ketones is 1. The predicted octanol–water partition coefficient (Wildman–Crippen LogP) is 2.81. The first kappa shape index (κ1) is 13.3. The zero-order chi connectivity index (χ0) is 13.3. The van der Waals surface area contributed by atoms with Crippen LogP contribution in [-0.2, 0) is 4.79 Å². The second-order valence-corrected chi connectivity index (χ2v) is 5.69. The fraction of sp³-hybridized carbons (Fsp3) is 0.429. The van der Waals surface area contributed by atoms with Gasteiger partial charge in [-0.2, -0.15) is 0 Å². The molecule has 1 heterocycles. The molecular formula is C14H16BrNO2. The number of hydrogen-bond acceptors (Lipinski definition) is 2. The molecule has 1 aliphatic heterocycles. The smallest absolute Gasteiger partial charge is 0.253 e. The predicted molar refractivity (Wildman–Crippen MR) is 73.6 cm³/mol. The molecule has 0 spiro atoms. The number of carbonyl (C=O) groups is 2. The molecule has 1 aromatic carbocycles. The van der Waals surface area contributed by atoms with E-state index in [4.69, 9.17) is 0 Å². The Kier molecular flexibility index (Phi) is 3.85. The lowest BCUT2D eigenvalue weighted by molar-refractivity contribution is -0.124. The van der Waals surface area contributed by atoms with Crippen LogP contribution in [0, 0.1) is 12.8 Å². The molecule has 0 N–H and O–H groups in total. The van der Waals surface area contributed by atoms with Crippen molar-refractivity contribution < 1.29 is 9.59 Å². The van der Waals surface area contributed by atoms with E-state index in [0.29, 0.717) is 25.1 Å². The van der Waals surface area contributed by atoms with Crippen molar-refractivity contribution in [1.82, 2.24) is 4.90 Å². The Bertz CT molecular complexity index is 499. The molecule has 0 bridgehead atoms. The van der Waals surface area contributed by atoms with E-state index in [0.717, 1.165) is 10.0 Å². The van der Waals surface area contributed by atoms with Gasteiger partial charge in [-0.3, -0.25) is 9.59 Å². The van der Waals surface area contributed by atoms with Crippen molar-refractivity contribution in [3.8, 4) is 0 Å². The van der Waals surface area contributed by atoms with Gasteiger partial charge in [0.05, 0.1) is 0 Å². The average Bonchev–Trinajstić information content (AvgIpc) is 2.35. The Labute approximate surface area is 115 Å². The third-order valence-corrected chi connectivity index (χ3v) is 4.23. The topological polar surface area (TPSA) is 37.4 Å². The molecule has 1 aromatic rings. The van der Waals surface area contributed by atoms with E-state index in [1.54, 1.807) is 4.90 Å². The lowest BCUT2D eigenvalue weighted by Gasteiger charge is -2.30. The summed E-state index contributed by atoms with van der Waals surface area (Å²) in [7, 11) is 0. The number of amides is 1. The van der Waals surface area contributed by atoms with Gasteiger partial charge in [0.1, 0.15) is 5.78 Å². The van der Waals surface area contributed by atoms with Gasteiger partial charge < -0.3 is 4.90 Å². The van der Waals surface area contributed by atoms with Crippen molar-refractivity contribution in [3.05, 3.63) is 33.8 Å². The fourth-order valence-electron chi connectivity index (χ4n) is 2.11. The van der Waals surface area contributed by atoms with Gasteiger partial charge in [-0.05, 0) is 24.6 Å². The number of benzene rings is 1.